The highest BCUT2D eigenvalue weighted by atomic mass is 15.2. The molecular weight excluding hydrogens is 536 g/mol. The molecule has 0 fully saturated rings. The van der Waals surface area contributed by atoms with Crippen LogP contribution in [0.4, 0.5) is 0 Å². The number of aromatic nitrogens is 4. The van der Waals surface area contributed by atoms with E-state index in [9.17, 15) is 0 Å². The average molecular weight is 565 g/mol. The van der Waals surface area contributed by atoms with Gasteiger partial charge in [0.15, 0.2) is 0 Å². The van der Waals surface area contributed by atoms with Crippen LogP contribution in [0.2, 0.25) is 0 Å². The fourth-order valence-corrected chi connectivity index (χ4v) is 6.68. The van der Waals surface area contributed by atoms with E-state index in [4.69, 9.17) is 9.97 Å². The number of para-hydroxylation sites is 1. The first-order chi connectivity index (χ1) is 21.7. The van der Waals surface area contributed by atoms with Crippen molar-refractivity contribution in [2.45, 2.75) is 13.3 Å². The van der Waals surface area contributed by atoms with Crippen molar-refractivity contribution in [1.82, 2.24) is 18.9 Å². The highest BCUT2D eigenvalue weighted by Gasteiger charge is 2.22. The molecule has 0 radical (unpaired) electrons. The topological polar surface area (TPSA) is 35.1 Å². The molecule has 3 aromatic heterocycles. The molecule has 0 unspecified atom stereocenters. The van der Waals surface area contributed by atoms with E-state index in [1.807, 2.05) is 0 Å². The lowest BCUT2D eigenvalue weighted by Crippen LogP contribution is -2.07. The van der Waals surface area contributed by atoms with Crippen molar-refractivity contribution >= 4 is 50.5 Å². The van der Waals surface area contributed by atoms with Crippen LogP contribution in [0.5, 0.6) is 0 Å². The SMILES string of the molecule is CC1=Cc2nc3c4ccccc4nc(-n4c5ccc(-c6ccccc6)cc5c5cc(-c6ccccc6)ccc54)n3c2C=CC1. The molecule has 1 aliphatic carbocycles. The van der Waals surface area contributed by atoms with Crippen LogP contribution in [0.25, 0.3) is 78.7 Å². The van der Waals surface area contributed by atoms with Crippen molar-refractivity contribution < 1.29 is 0 Å². The van der Waals surface area contributed by atoms with Gasteiger partial charge in [-0.2, -0.15) is 0 Å². The number of allylic oxidation sites excluding steroid dienone is 2. The first-order valence-electron chi connectivity index (χ1n) is 15.1. The first-order valence-corrected chi connectivity index (χ1v) is 15.1. The van der Waals surface area contributed by atoms with Gasteiger partial charge in [-0.05, 0) is 84.1 Å². The molecule has 4 nitrogen and oxygen atoms in total. The zero-order chi connectivity index (χ0) is 29.2. The van der Waals surface area contributed by atoms with Crippen LogP contribution in [-0.2, 0) is 0 Å². The summed E-state index contributed by atoms with van der Waals surface area (Å²) in [6, 6.07) is 43.2. The lowest BCUT2D eigenvalue weighted by Gasteiger charge is -2.13. The Balaban J connectivity index is 1.42. The average Bonchev–Trinajstić information content (AvgIpc) is 3.53. The first kappa shape index (κ1) is 24.8. The molecule has 0 amide bonds. The van der Waals surface area contributed by atoms with E-state index in [0.29, 0.717) is 0 Å². The summed E-state index contributed by atoms with van der Waals surface area (Å²) in [4.78, 5) is 10.6. The second-order valence-electron chi connectivity index (χ2n) is 11.6. The molecule has 208 valence electrons. The Morgan fingerprint density at radius 1 is 0.591 bits per heavy atom. The molecule has 0 bridgehead atoms. The molecule has 1 aliphatic rings. The van der Waals surface area contributed by atoms with Crippen LogP contribution in [0, 0.1) is 0 Å². The molecule has 0 saturated carbocycles. The maximum absolute atomic E-state index is 5.37. The zero-order valence-electron chi connectivity index (χ0n) is 24.3. The van der Waals surface area contributed by atoms with E-state index in [0.717, 1.165) is 51.3 Å². The molecule has 9 rings (SSSR count). The third-order valence-corrected chi connectivity index (χ3v) is 8.78. The molecule has 3 heterocycles. The quantitative estimate of drug-likeness (QED) is 0.214. The summed E-state index contributed by atoms with van der Waals surface area (Å²) in [6.45, 7) is 2.17. The highest BCUT2D eigenvalue weighted by molar-refractivity contribution is 6.11. The summed E-state index contributed by atoms with van der Waals surface area (Å²) in [7, 11) is 0. The lowest BCUT2D eigenvalue weighted by atomic mass is 10.0. The van der Waals surface area contributed by atoms with Gasteiger partial charge in [0.1, 0.15) is 5.65 Å². The fraction of sp³-hybridized carbons (Fsp3) is 0.0500. The Hall–Kier alpha value is -5.74. The molecule has 44 heavy (non-hydrogen) atoms. The number of rotatable bonds is 3. The third-order valence-electron chi connectivity index (χ3n) is 8.78. The lowest BCUT2D eigenvalue weighted by molar-refractivity contribution is 0.957. The van der Waals surface area contributed by atoms with Gasteiger partial charge in [0.2, 0.25) is 5.95 Å². The van der Waals surface area contributed by atoms with Gasteiger partial charge in [-0.25, -0.2) is 9.97 Å². The van der Waals surface area contributed by atoms with Crippen LogP contribution in [0.1, 0.15) is 24.7 Å². The molecule has 8 aromatic rings. The molecular formula is C40H28N4. The summed E-state index contributed by atoms with van der Waals surface area (Å²) < 4.78 is 4.57. The number of benzene rings is 5. The Bertz CT molecular complexity index is 2360. The van der Waals surface area contributed by atoms with Crippen LogP contribution in [-0.4, -0.2) is 18.9 Å². The predicted molar refractivity (Wildman–Crippen MR) is 183 cm³/mol. The van der Waals surface area contributed by atoms with E-state index < -0.39 is 0 Å². The van der Waals surface area contributed by atoms with Crippen molar-refractivity contribution in [2.75, 3.05) is 0 Å². The van der Waals surface area contributed by atoms with Crippen molar-refractivity contribution in [2.24, 2.45) is 0 Å². The normalized spacial score (nSPS) is 13.1. The number of hydrogen-bond acceptors (Lipinski definition) is 2. The maximum Gasteiger partial charge on any atom is 0.221 e. The molecule has 0 aliphatic heterocycles. The van der Waals surface area contributed by atoms with Gasteiger partial charge in [-0.15, -0.1) is 0 Å². The molecule has 0 spiro atoms. The van der Waals surface area contributed by atoms with Gasteiger partial charge in [0.05, 0.1) is 27.9 Å². The number of imidazole rings is 1. The summed E-state index contributed by atoms with van der Waals surface area (Å²) in [5.41, 5.74) is 12.2. The minimum Gasteiger partial charge on any atom is -0.279 e. The minimum atomic E-state index is 0.838. The van der Waals surface area contributed by atoms with Gasteiger partial charge in [0, 0.05) is 16.2 Å². The Kier molecular flexibility index (Phi) is 5.44. The summed E-state index contributed by atoms with van der Waals surface area (Å²) in [6.07, 6.45) is 7.56. The maximum atomic E-state index is 5.37. The standard InChI is InChI=1S/C40H28N4/c1-26-11-10-18-38-35(23-26)41-39-31-16-8-9-17-34(31)42-40(44(38)39)43-36-21-19-29(27-12-4-2-5-13-27)24-32(36)33-25-30(20-22-37(33)43)28-14-6-3-7-15-28/h2-10,12-25H,11H2,1H3. The summed E-state index contributed by atoms with van der Waals surface area (Å²) in [5.74, 6) is 0.838. The van der Waals surface area contributed by atoms with E-state index in [1.54, 1.807) is 0 Å². The van der Waals surface area contributed by atoms with Gasteiger partial charge >= 0.3 is 0 Å². The Morgan fingerprint density at radius 3 is 1.86 bits per heavy atom. The fourth-order valence-electron chi connectivity index (χ4n) is 6.68. The predicted octanol–water partition coefficient (Wildman–Crippen LogP) is 10.1. The van der Waals surface area contributed by atoms with Crippen molar-refractivity contribution in [3.05, 3.63) is 144 Å². The smallest absolute Gasteiger partial charge is 0.221 e. The Labute approximate surface area is 254 Å². The molecule has 0 saturated heterocycles. The van der Waals surface area contributed by atoms with E-state index in [1.165, 1.54) is 38.6 Å². The molecule has 0 N–H and O–H groups in total. The van der Waals surface area contributed by atoms with Gasteiger partial charge < -0.3 is 0 Å². The van der Waals surface area contributed by atoms with Crippen LogP contribution in [0.15, 0.2) is 133 Å². The summed E-state index contributed by atoms with van der Waals surface area (Å²) in [5, 5.41) is 3.43. The third kappa shape index (κ3) is 3.78. The van der Waals surface area contributed by atoms with E-state index in [2.05, 4.69) is 155 Å². The summed E-state index contributed by atoms with van der Waals surface area (Å²) >= 11 is 0. The second kappa shape index (κ2) is 9.65. The number of fused-ring (bicyclic) bond motifs is 8. The van der Waals surface area contributed by atoms with Crippen LogP contribution >= 0.6 is 0 Å². The van der Waals surface area contributed by atoms with E-state index >= 15 is 0 Å². The molecule has 4 heteroatoms. The number of nitrogens with zero attached hydrogens (tertiary/aromatic N) is 4. The van der Waals surface area contributed by atoms with Gasteiger partial charge in [-0.1, -0.05) is 96.6 Å². The number of hydrogen-bond donors (Lipinski definition) is 0. The Morgan fingerprint density at radius 2 is 1.20 bits per heavy atom. The van der Waals surface area contributed by atoms with Crippen LogP contribution in [0.3, 0.4) is 0 Å². The monoisotopic (exact) mass is 564 g/mol. The zero-order valence-corrected chi connectivity index (χ0v) is 24.3. The van der Waals surface area contributed by atoms with Crippen molar-refractivity contribution in [1.29, 1.82) is 0 Å². The second-order valence-corrected chi connectivity index (χ2v) is 11.6. The van der Waals surface area contributed by atoms with Crippen LogP contribution < -0.4 is 0 Å². The molecule has 0 atom stereocenters. The van der Waals surface area contributed by atoms with Gasteiger partial charge in [-0.3, -0.25) is 8.97 Å². The molecule has 5 aromatic carbocycles. The van der Waals surface area contributed by atoms with Gasteiger partial charge in [0.25, 0.3) is 0 Å². The highest BCUT2D eigenvalue weighted by Crippen LogP contribution is 2.38. The minimum absolute atomic E-state index is 0.838. The van der Waals surface area contributed by atoms with Crippen molar-refractivity contribution in [3.8, 4) is 28.2 Å². The van der Waals surface area contributed by atoms with E-state index in [-0.39, 0.29) is 0 Å². The largest absolute Gasteiger partial charge is 0.279 e. The van der Waals surface area contributed by atoms with Crippen molar-refractivity contribution in [3.63, 3.8) is 0 Å².